The fourth-order valence-electron chi connectivity index (χ4n) is 2.14. The Morgan fingerprint density at radius 1 is 1.38 bits per heavy atom. The number of nitrogens with zero attached hydrogens (tertiary/aromatic N) is 3. The third-order valence-corrected chi connectivity index (χ3v) is 3.33. The van der Waals surface area contributed by atoms with Crippen LogP contribution in [0.1, 0.15) is 17.0 Å². The molecular formula is C13H14F2N4O2. The van der Waals surface area contributed by atoms with Gasteiger partial charge in [-0.05, 0) is 13.8 Å². The molecule has 2 rings (SSSR count). The Morgan fingerprint density at radius 2 is 2.05 bits per heavy atom. The van der Waals surface area contributed by atoms with Crippen molar-refractivity contribution in [1.82, 2.24) is 9.78 Å². The van der Waals surface area contributed by atoms with E-state index in [9.17, 15) is 18.9 Å². The summed E-state index contributed by atoms with van der Waals surface area (Å²) in [5.41, 5.74) is 1.49. The minimum Gasteiger partial charge on any atom is -0.375 e. The first kappa shape index (κ1) is 14.9. The molecule has 1 aromatic carbocycles. The molecule has 0 aliphatic rings. The van der Waals surface area contributed by atoms with E-state index in [1.54, 1.807) is 18.7 Å². The molecule has 0 amide bonds. The lowest BCUT2D eigenvalue weighted by Crippen LogP contribution is -2.06. The van der Waals surface area contributed by atoms with Crippen LogP contribution in [0.3, 0.4) is 0 Å². The minimum atomic E-state index is -1.21. The van der Waals surface area contributed by atoms with Crippen molar-refractivity contribution in [3.8, 4) is 0 Å². The van der Waals surface area contributed by atoms with Crippen LogP contribution in [0.15, 0.2) is 12.1 Å². The number of aromatic nitrogens is 2. The molecule has 6 nitrogen and oxygen atoms in total. The van der Waals surface area contributed by atoms with Gasteiger partial charge in [0.2, 0.25) is 5.82 Å². The van der Waals surface area contributed by atoms with E-state index in [0.717, 1.165) is 23.0 Å². The second-order valence-corrected chi connectivity index (χ2v) is 4.67. The lowest BCUT2D eigenvalue weighted by atomic mass is 10.2. The number of nitrogens with one attached hydrogen (secondary N) is 1. The molecule has 0 aliphatic carbocycles. The van der Waals surface area contributed by atoms with E-state index in [2.05, 4.69) is 10.4 Å². The molecule has 0 radical (unpaired) electrons. The van der Waals surface area contributed by atoms with E-state index >= 15 is 0 Å². The van der Waals surface area contributed by atoms with Crippen LogP contribution in [0, 0.1) is 35.6 Å². The highest BCUT2D eigenvalue weighted by Crippen LogP contribution is 2.29. The van der Waals surface area contributed by atoms with Crippen molar-refractivity contribution >= 4 is 11.4 Å². The minimum absolute atomic E-state index is 0.190. The van der Waals surface area contributed by atoms with Gasteiger partial charge in [-0.3, -0.25) is 14.8 Å². The third kappa shape index (κ3) is 2.83. The Labute approximate surface area is 119 Å². The third-order valence-electron chi connectivity index (χ3n) is 3.33. The zero-order chi connectivity index (χ0) is 15.7. The van der Waals surface area contributed by atoms with Gasteiger partial charge >= 0.3 is 5.69 Å². The van der Waals surface area contributed by atoms with Crippen molar-refractivity contribution < 1.29 is 13.7 Å². The summed E-state index contributed by atoms with van der Waals surface area (Å²) in [5, 5.41) is 17.8. The molecule has 8 heteroatoms. The van der Waals surface area contributed by atoms with Crippen molar-refractivity contribution in [2.45, 2.75) is 20.4 Å². The second-order valence-electron chi connectivity index (χ2n) is 4.67. The van der Waals surface area contributed by atoms with Gasteiger partial charge in [0.25, 0.3) is 0 Å². The van der Waals surface area contributed by atoms with Gasteiger partial charge in [-0.2, -0.15) is 9.49 Å². The Kier molecular flexibility index (Phi) is 3.88. The molecule has 0 saturated heterocycles. The number of anilines is 1. The first-order valence-corrected chi connectivity index (χ1v) is 6.17. The molecule has 0 unspecified atom stereocenters. The Hall–Kier alpha value is -2.51. The van der Waals surface area contributed by atoms with E-state index in [4.69, 9.17) is 0 Å². The quantitative estimate of drug-likeness (QED) is 0.695. The molecule has 0 bridgehead atoms. The summed E-state index contributed by atoms with van der Waals surface area (Å²) in [6.07, 6.45) is 0. The maximum absolute atomic E-state index is 13.5. The van der Waals surface area contributed by atoms with Crippen LogP contribution >= 0.6 is 0 Å². The summed E-state index contributed by atoms with van der Waals surface area (Å²) in [6, 6.07) is 1.39. The normalized spacial score (nSPS) is 10.7. The number of benzene rings is 1. The summed E-state index contributed by atoms with van der Waals surface area (Å²) < 4.78 is 28.4. The molecule has 1 aromatic heterocycles. The SMILES string of the molecule is Cc1nn(C)c(C)c1CNc1cc(F)cc(F)c1[N+](=O)[O-]. The van der Waals surface area contributed by atoms with Crippen LogP contribution in [0.4, 0.5) is 20.2 Å². The predicted octanol–water partition coefficient (Wildman–Crippen LogP) is 2.84. The van der Waals surface area contributed by atoms with Gasteiger partial charge < -0.3 is 5.32 Å². The highest BCUT2D eigenvalue weighted by Gasteiger charge is 2.22. The number of nitro benzene ring substituents is 1. The topological polar surface area (TPSA) is 73.0 Å². The van der Waals surface area contributed by atoms with E-state index < -0.39 is 22.2 Å². The molecule has 1 N–H and O–H groups in total. The Balaban J connectivity index is 2.34. The van der Waals surface area contributed by atoms with Crippen molar-refractivity contribution in [3.63, 3.8) is 0 Å². The van der Waals surface area contributed by atoms with E-state index in [1.807, 2.05) is 6.92 Å². The van der Waals surface area contributed by atoms with Gasteiger partial charge in [-0.25, -0.2) is 4.39 Å². The molecule has 2 aromatic rings. The lowest BCUT2D eigenvalue weighted by Gasteiger charge is -2.08. The predicted molar refractivity (Wildman–Crippen MR) is 73.0 cm³/mol. The maximum atomic E-state index is 13.5. The Bertz CT molecular complexity index is 713. The van der Waals surface area contributed by atoms with Crippen molar-refractivity contribution in [2.75, 3.05) is 5.32 Å². The molecule has 1 heterocycles. The fraction of sp³-hybridized carbons (Fsp3) is 0.308. The van der Waals surface area contributed by atoms with Gasteiger partial charge in [-0.15, -0.1) is 0 Å². The fourth-order valence-corrected chi connectivity index (χ4v) is 2.14. The van der Waals surface area contributed by atoms with E-state index in [0.29, 0.717) is 6.07 Å². The lowest BCUT2D eigenvalue weighted by molar-refractivity contribution is -0.386. The van der Waals surface area contributed by atoms with Gasteiger partial charge in [-0.1, -0.05) is 0 Å². The molecule has 0 spiro atoms. The van der Waals surface area contributed by atoms with Gasteiger partial charge in [0, 0.05) is 37.0 Å². The van der Waals surface area contributed by atoms with Crippen LogP contribution in [0.25, 0.3) is 0 Å². The number of hydrogen-bond acceptors (Lipinski definition) is 4. The number of halogens is 2. The smallest absolute Gasteiger partial charge is 0.327 e. The summed E-state index contributed by atoms with van der Waals surface area (Å²) in [7, 11) is 1.77. The first-order chi connectivity index (χ1) is 9.81. The van der Waals surface area contributed by atoms with Crippen LogP contribution < -0.4 is 5.32 Å². The Morgan fingerprint density at radius 3 is 2.57 bits per heavy atom. The molecule has 0 saturated carbocycles. The van der Waals surface area contributed by atoms with Crippen LogP contribution in [0.2, 0.25) is 0 Å². The number of nitro groups is 1. The van der Waals surface area contributed by atoms with Crippen molar-refractivity contribution in [1.29, 1.82) is 0 Å². The zero-order valence-corrected chi connectivity index (χ0v) is 11.8. The van der Waals surface area contributed by atoms with Crippen LogP contribution in [-0.4, -0.2) is 14.7 Å². The molecular weight excluding hydrogens is 282 g/mol. The zero-order valence-electron chi connectivity index (χ0n) is 11.8. The molecule has 21 heavy (non-hydrogen) atoms. The summed E-state index contributed by atoms with van der Waals surface area (Å²) >= 11 is 0. The van der Waals surface area contributed by atoms with E-state index in [1.165, 1.54) is 0 Å². The molecule has 0 atom stereocenters. The highest BCUT2D eigenvalue weighted by atomic mass is 19.1. The van der Waals surface area contributed by atoms with Gasteiger partial charge in [0.1, 0.15) is 11.5 Å². The van der Waals surface area contributed by atoms with Gasteiger partial charge in [0.15, 0.2) is 0 Å². The van der Waals surface area contributed by atoms with Crippen molar-refractivity contribution in [3.05, 3.63) is 50.8 Å². The standard InChI is InChI=1S/C13H14F2N4O2/c1-7-10(8(2)18(3)17-7)6-16-12-5-9(14)4-11(15)13(12)19(20)21/h4-5,16H,6H2,1-3H3. The largest absolute Gasteiger partial charge is 0.375 e. The van der Waals surface area contributed by atoms with E-state index in [-0.39, 0.29) is 12.2 Å². The number of hydrogen-bond donors (Lipinski definition) is 1. The van der Waals surface area contributed by atoms with Crippen LogP contribution in [-0.2, 0) is 13.6 Å². The highest BCUT2D eigenvalue weighted by molar-refractivity contribution is 5.62. The maximum Gasteiger partial charge on any atom is 0.327 e. The average Bonchev–Trinajstić information content (AvgIpc) is 2.59. The number of rotatable bonds is 4. The second kappa shape index (κ2) is 5.47. The molecule has 112 valence electrons. The average molecular weight is 296 g/mol. The summed E-state index contributed by atoms with van der Waals surface area (Å²) in [5.74, 6) is -2.08. The summed E-state index contributed by atoms with van der Waals surface area (Å²) in [6.45, 7) is 3.83. The summed E-state index contributed by atoms with van der Waals surface area (Å²) in [4.78, 5) is 10.0. The number of aryl methyl sites for hydroxylation is 2. The molecule has 0 fully saturated rings. The monoisotopic (exact) mass is 296 g/mol. The first-order valence-electron chi connectivity index (χ1n) is 6.17. The van der Waals surface area contributed by atoms with Crippen molar-refractivity contribution in [2.24, 2.45) is 7.05 Å². The van der Waals surface area contributed by atoms with Gasteiger partial charge in [0.05, 0.1) is 10.6 Å². The van der Waals surface area contributed by atoms with Crippen LogP contribution in [0.5, 0.6) is 0 Å². The molecule has 0 aliphatic heterocycles.